The maximum absolute atomic E-state index is 12.4. The van der Waals surface area contributed by atoms with Crippen molar-refractivity contribution in [1.29, 1.82) is 0 Å². The number of benzene rings is 1. The van der Waals surface area contributed by atoms with Crippen LogP contribution >= 0.6 is 0 Å². The highest BCUT2D eigenvalue weighted by Gasteiger charge is 2.24. The van der Waals surface area contributed by atoms with Crippen molar-refractivity contribution in [3.63, 3.8) is 0 Å². The van der Waals surface area contributed by atoms with E-state index in [1.54, 1.807) is 20.8 Å². The number of hydrogen-bond donors (Lipinski definition) is 2. The predicted molar refractivity (Wildman–Crippen MR) is 113 cm³/mol. The molecule has 8 nitrogen and oxygen atoms in total. The number of hydrogen-bond acceptors (Lipinski definition) is 5. The van der Waals surface area contributed by atoms with Crippen molar-refractivity contribution in [2.24, 2.45) is 0 Å². The van der Waals surface area contributed by atoms with Crippen LogP contribution < -0.4 is 15.4 Å². The Morgan fingerprint density at radius 3 is 2.40 bits per heavy atom. The molecule has 3 amide bonds. The Balaban J connectivity index is 1.58. The fourth-order valence-electron chi connectivity index (χ4n) is 3.11. The van der Waals surface area contributed by atoms with E-state index in [2.05, 4.69) is 10.6 Å². The number of carbonyl (C=O) groups excluding carboxylic acids is 3. The first kappa shape index (κ1) is 23.5. The van der Waals surface area contributed by atoms with Crippen molar-refractivity contribution < 1.29 is 23.9 Å². The number of para-hydroxylation sites is 1. The van der Waals surface area contributed by atoms with Crippen molar-refractivity contribution in [3.8, 4) is 5.75 Å². The molecule has 0 radical (unpaired) electrons. The first-order chi connectivity index (χ1) is 14.2. The molecule has 2 rings (SSSR count). The number of carbonyl (C=O) groups is 3. The van der Waals surface area contributed by atoms with Crippen molar-refractivity contribution >= 4 is 17.9 Å². The fourth-order valence-corrected chi connectivity index (χ4v) is 3.11. The van der Waals surface area contributed by atoms with E-state index in [9.17, 15) is 14.4 Å². The molecule has 0 aliphatic carbocycles. The molecule has 8 heteroatoms. The van der Waals surface area contributed by atoms with Gasteiger partial charge in [0.2, 0.25) is 11.8 Å². The summed E-state index contributed by atoms with van der Waals surface area (Å²) in [6, 6.07) is 9.55. The van der Waals surface area contributed by atoms with Crippen LogP contribution in [0.5, 0.6) is 5.75 Å². The molecular formula is C22H33N3O5. The van der Waals surface area contributed by atoms with Gasteiger partial charge >= 0.3 is 6.09 Å². The van der Waals surface area contributed by atoms with Crippen LogP contribution in [0.25, 0.3) is 0 Å². The summed E-state index contributed by atoms with van der Waals surface area (Å²) in [7, 11) is 0. The minimum atomic E-state index is -0.616. The summed E-state index contributed by atoms with van der Waals surface area (Å²) in [5.74, 6) is 0.661. The van der Waals surface area contributed by atoms with Crippen molar-refractivity contribution in [3.05, 3.63) is 30.3 Å². The van der Waals surface area contributed by atoms with Crippen LogP contribution in [0.1, 0.15) is 46.5 Å². The van der Waals surface area contributed by atoms with E-state index in [1.165, 1.54) is 0 Å². The average Bonchev–Trinajstić information content (AvgIpc) is 2.69. The van der Waals surface area contributed by atoms with E-state index < -0.39 is 11.7 Å². The second kappa shape index (κ2) is 11.4. The van der Waals surface area contributed by atoms with Gasteiger partial charge < -0.3 is 25.0 Å². The fraction of sp³-hybridized carbons (Fsp3) is 0.591. The summed E-state index contributed by atoms with van der Waals surface area (Å²) in [4.78, 5) is 37.8. The Labute approximate surface area is 178 Å². The molecule has 0 aromatic heterocycles. The largest absolute Gasteiger partial charge is 0.494 e. The summed E-state index contributed by atoms with van der Waals surface area (Å²) < 4.78 is 10.7. The minimum absolute atomic E-state index is 0.00315. The van der Waals surface area contributed by atoms with Gasteiger partial charge in [-0.3, -0.25) is 9.59 Å². The lowest BCUT2D eigenvalue weighted by Gasteiger charge is -2.32. The highest BCUT2D eigenvalue weighted by Crippen LogP contribution is 2.13. The number of amides is 3. The lowest BCUT2D eigenvalue weighted by atomic mass is 10.0. The van der Waals surface area contributed by atoms with Crippen LogP contribution in [0.15, 0.2) is 30.3 Å². The molecule has 1 saturated heterocycles. The van der Waals surface area contributed by atoms with Crippen LogP contribution in [0.2, 0.25) is 0 Å². The monoisotopic (exact) mass is 419 g/mol. The van der Waals surface area contributed by atoms with E-state index in [4.69, 9.17) is 9.47 Å². The lowest BCUT2D eigenvalue weighted by molar-refractivity contribution is -0.132. The molecule has 1 aliphatic heterocycles. The lowest BCUT2D eigenvalue weighted by Crippen LogP contribution is -2.49. The molecular weight excluding hydrogens is 386 g/mol. The quantitative estimate of drug-likeness (QED) is 0.631. The zero-order valence-electron chi connectivity index (χ0n) is 18.1. The normalized spacial score (nSPS) is 14.7. The summed E-state index contributed by atoms with van der Waals surface area (Å²) >= 11 is 0. The molecule has 0 unspecified atom stereocenters. The van der Waals surface area contributed by atoms with Gasteiger partial charge in [0.25, 0.3) is 0 Å². The van der Waals surface area contributed by atoms with Gasteiger partial charge in [-0.25, -0.2) is 4.79 Å². The molecule has 1 aromatic carbocycles. The third-order valence-electron chi connectivity index (χ3n) is 4.55. The van der Waals surface area contributed by atoms with Crippen LogP contribution in [0, 0.1) is 0 Å². The van der Waals surface area contributed by atoms with Gasteiger partial charge in [0.05, 0.1) is 6.61 Å². The third kappa shape index (κ3) is 9.15. The number of ether oxygens (including phenoxy) is 2. The summed E-state index contributed by atoms with van der Waals surface area (Å²) in [6.07, 6.45) is 1.90. The molecule has 0 saturated carbocycles. The Morgan fingerprint density at radius 2 is 1.77 bits per heavy atom. The number of nitrogens with one attached hydrogen (secondary N) is 2. The van der Waals surface area contributed by atoms with Gasteiger partial charge in [-0.15, -0.1) is 0 Å². The van der Waals surface area contributed by atoms with Crippen molar-refractivity contribution in [1.82, 2.24) is 15.5 Å². The third-order valence-corrected chi connectivity index (χ3v) is 4.55. The predicted octanol–water partition coefficient (Wildman–Crippen LogP) is 2.48. The Bertz CT molecular complexity index is 694. The smallest absolute Gasteiger partial charge is 0.408 e. The Kier molecular flexibility index (Phi) is 8.95. The Morgan fingerprint density at radius 1 is 1.10 bits per heavy atom. The van der Waals surface area contributed by atoms with Gasteiger partial charge in [-0.2, -0.15) is 0 Å². The standard InChI is InChI=1S/C22H33N3O5/c1-22(2,3)30-21(28)23-16-19(26)24-17-11-13-25(14-12-17)20(27)10-7-15-29-18-8-5-4-6-9-18/h4-6,8-9,17H,7,10-16H2,1-3H3,(H,23,28)(H,24,26). The number of rotatable bonds is 8. The van der Waals surface area contributed by atoms with Gasteiger partial charge in [0, 0.05) is 25.6 Å². The van der Waals surface area contributed by atoms with E-state index in [0.717, 1.165) is 5.75 Å². The Hall–Kier alpha value is -2.77. The molecule has 1 heterocycles. The summed E-state index contributed by atoms with van der Waals surface area (Å²) in [5.41, 5.74) is -0.604. The number of nitrogens with zero attached hydrogens (tertiary/aromatic N) is 1. The highest BCUT2D eigenvalue weighted by molar-refractivity contribution is 5.82. The summed E-state index contributed by atoms with van der Waals surface area (Å²) in [6.45, 7) is 6.89. The SMILES string of the molecule is CC(C)(C)OC(=O)NCC(=O)NC1CCN(C(=O)CCCOc2ccccc2)CC1. The van der Waals surface area contributed by atoms with E-state index in [-0.39, 0.29) is 24.4 Å². The molecule has 1 fully saturated rings. The van der Waals surface area contributed by atoms with E-state index >= 15 is 0 Å². The number of piperidine rings is 1. The van der Waals surface area contributed by atoms with Gasteiger partial charge in [0.1, 0.15) is 17.9 Å². The van der Waals surface area contributed by atoms with Gasteiger partial charge in [-0.05, 0) is 52.2 Å². The second-order valence-electron chi connectivity index (χ2n) is 8.34. The van der Waals surface area contributed by atoms with Gasteiger partial charge in [-0.1, -0.05) is 18.2 Å². The molecule has 1 aliphatic rings. The number of alkyl carbamates (subject to hydrolysis) is 1. The topological polar surface area (TPSA) is 97.0 Å². The summed E-state index contributed by atoms with van der Waals surface area (Å²) in [5, 5.41) is 5.35. The molecule has 0 spiro atoms. The number of likely N-dealkylation sites (tertiary alicyclic amines) is 1. The first-order valence-electron chi connectivity index (χ1n) is 10.4. The van der Waals surface area contributed by atoms with Crippen molar-refractivity contribution in [2.45, 2.75) is 58.1 Å². The first-order valence-corrected chi connectivity index (χ1v) is 10.4. The molecule has 2 N–H and O–H groups in total. The maximum Gasteiger partial charge on any atom is 0.408 e. The van der Waals surface area contributed by atoms with Crippen LogP contribution in [-0.4, -0.2) is 60.7 Å². The molecule has 1 aromatic rings. The minimum Gasteiger partial charge on any atom is -0.494 e. The van der Waals surface area contributed by atoms with Crippen LogP contribution in [0.3, 0.4) is 0 Å². The zero-order valence-corrected chi connectivity index (χ0v) is 18.1. The molecule has 0 bridgehead atoms. The highest BCUT2D eigenvalue weighted by atomic mass is 16.6. The second-order valence-corrected chi connectivity index (χ2v) is 8.34. The van der Waals surface area contributed by atoms with E-state index in [1.807, 2.05) is 35.2 Å². The van der Waals surface area contributed by atoms with Crippen molar-refractivity contribution in [2.75, 3.05) is 26.2 Å². The molecule has 30 heavy (non-hydrogen) atoms. The molecule has 0 atom stereocenters. The van der Waals surface area contributed by atoms with E-state index in [0.29, 0.717) is 45.4 Å². The maximum atomic E-state index is 12.4. The van der Waals surface area contributed by atoms with Crippen LogP contribution in [0.4, 0.5) is 4.79 Å². The average molecular weight is 420 g/mol. The van der Waals surface area contributed by atoms with Gasteiger partial charge in [0.15, 0.2) is 0 Å². The zero-order chi connectivity index (χ0) is 22.0. The van der Waals surface area contributed by atoms with Crippen LogP contribution in [-0.2, 0) is 14.3 Å². The molecule has 166 valence electrons.